The summed E-state index contributed by atoms with van der Waals surface area (Å²) in [5, 5.41) is 0. The highest BCUT2D eigenvalue weighted by atomic mass is 31.2. The lowest BCUT2D eigenvalue weighted by Gasteiger charge is -2.24. The second-order valence-corrected chi connectivity index (χ2v) is 17.2. The lowest BCUT2D eigenvalue weighted by molar-refractivity contribution is -0.870. The van der Waals surface area contributed by atoms with E-state index in [9.17, 15) is 19.0 Å². The quantitative estimate of drug-likeness (QED) is 0.0286. The van der Waals surface area contributed by atoms with Gasteiger partial charge in [0, 0.05) is 12.8 Å². The number of nitrogens with zero attached hydrogens (tertiary/aromatic N) is 1. The molecule has 1 N–H and O–H groups in total. The van der Waals surface area contributed by atoms with Crippen LogP contribution in [0.2, 0.25) is 0 Å². The Bertz CT molecular complexity index is 850. The van der Waals surface area contributed by atoms with Crippen molar-refractivity contribution in [2.75, 3.05) is 47.5 Å². The summed E-state index contributed by atoms with van der Waals surface area (Å²) in [6.07, 6.45) is 32.8. The van der Waals surface area contributed by atoms with E-state index in [0.29, 0.717) is 17.4 Å². The summed E-state index contributed by atoms with van der Waals surface area (Å²) in [6, 6.07) is 0. The molecule has 0 aromatic rings. The minimum atomic E-state index is -4.36. The van der Waals surface area contributed by atoms with E-state index in [1.165, 1.54) is 135 Å². The molecule has 0 amide bonds. The molecule has 0 aromatic heterocycles. The van der Waals surface area contributed by atoms with Gasteiger partial charge in [-0.2, -0.15) is 0 Å². The van der Waals surface area contributed by atoms with Crippen LogP contribution in [0.15, 0.2) is 0 Å². The van der Waals surface area contributed by atoms with Crippen LogP contribution in [-0.4, -0.2) is 74.9 Å². The molecule has 51 heavy (non-hydrogen) atoms. The van der Waals surface area contributed by atoms with Crippen molar-refractivity contribution < 1.29 is 42.1 Å². The molecular formula is C41H83NO8P+. The van der Waals surface area contributed by atoms with Crippen molar-refractivity contribution in [3.8, 4) is 0 Å². The molecule has 9 nitrogen and oxygen atoms in total. The molecule has 0 radical (unpaired) electrons. The molecule has 0 aromatic carbocycles. The molecule has 0 bridgehead atoms. The molecule has 0 heterocycles. The summed E-state index contributed by atoms with van der Waals surface area (Å²) < 4.78 is 34.3. The normalized spacial score (nSPS) is 13.6. The van der Waals surface area contributed by atoms with Crippen LogP contribution in [0.3, 0.4) is 0 Å². The second kappa shape index (κ2) is 34.8. The van der Waals surface area contributed by atoms with Gasteiger partial charge in [0.25, 0.3) is 0 Å². The molecule has 0 saturated heterocycles. The van der Waals surface area contributed by atoms with E-state index >= 15 is 0 Å². The fraction of sp³-hybridized carbons (Fsp3) is 0.951. The first-order valence-electron chi connectivity index (χ1n) is 21.3. The Kier molecular flexibility index (Phi) is 34.1. The number of likely N-dealkylation sites (N-methyl/N-ethyl adjacent to an activating group) is 1. The number of hydrogen-bond donors (Lipinski definition) is 1. The topological polar surface area (TPSA) is 108 Å². The summed E-state index contributed by atoms with van der Waals surface area (Å²) in [7, 11) is 1.49. The molecular weight excluding hydrogens is 665 g/mol. The Balaban J connectivity index is 4.35. The number of carbonyl (C=O) groups excluding carboxylic acids is 2. The van der Waals surface area contributed by atoms with Gasteiger partial charge in [-0.05, 0) is 12.8 Å². The van der Waals surface area contributed by atoms with Crippen LogP contribution in [0.25, 0.3) is 0 Å². The summed E-state index contributed by atoms with van der Waals surface area (Å²) in [4.78, 5) is 35.3. The molecule has 1 unspecified atom stereocenters. The van der Waals surface area contributed by atoms with Crippen molar-refractivity contribution in [3.63, 3.8) is 0 Å². The smallest absolute Gasteiger partial charge is 0.462 e. The summed E-state index contributed by atoms with van der Waals surface area (Å²) in [5.41, 5.74) is 0. The molecule has 0 fully saturated rings. The third-order valence-electron chi connectivity index (χ3n) is 9.39. The van der Waals surface area contributed by atoms with E-state index in [-0.39, 0.29) is 25.6 Å². The maximum Gasteiger partial charge on any atom is 0.472 e. The zero-order valence-electron chi connectivity index (χ0n) is 34.1. The molecule has 2 atom stereocenters. The Labute approximate surface area is 314 Å². The monoisotopic (exact) mass is 749 g/mol. The van der Waals surface area contributed by atoms with E-state index in [1.54, 1.807) is 0 Å². The van der Waals surface area contributed by atoms with Gasteiger partial charge in [-0.25, -0.2) is 4.57 Å². The first-order chi connectivity index (χ1) is 24.5. The third-order valence-corrected chi connectivity index (χ3v) is 10.4. The number of phosphoric acid groups is 1. The van der Waals surface area contributed by atoms with Crippen molar-refractivity contribution in [2.24, 2.45) is 0 Å². The number of phosphoric ester groups is 1. The number of quaternary nitrogens is 1. The number of rotatable bonds is 39. The highest BCUT2D eigenvalue weighted by Crippen LogP contribution is 2.43. The van der Waals surface area contributed by atoms with E-state index in [0.717, 1.165) is 38.5 Å². The van der Waals surface area contributed by atoms with Crippen molar-refractivity contribution in [2.45, 2.75) is 206 Å². The fourth-order valence-electron chi connectivity index (χ4n) is 6.01. The number of unbranched alkanes of at least 4 members (excludes halogenated alkanes) is 25. The Morgan fingerprint density at radius 2 is 0.882 bits per heavy atom. The average Bonchev–Trinajstić information content (AvgIpc) is 3.07. The summed E-state index contributed by atoms with van der Waals surface area (Å²) in [6.45, 7) is 4.44. The van der Waals surface area contributed by atoms with Gasteiger partial charge in [0.1, 0.15) is 19.8 Å². The Hall–Kier alpha value is -0.990. The van der Waals surface area contributed by atoms with E-state index in [4.69, 9.17) is 18.5 Å². The maximum atomic E-state index is 12.6. The Morgan fingerprint density at radius 1 is 0.529 bits per heavy atom. The van der Waals surface area contributed by atoms with Crippen LogP contribution < -0.4 is 0 Å². The van der Waals surface area contributed by atoms with Gasteiger partial charge in [-0.3, -0.25) is 18.6 Å². The van der Waals surface area contributed by atoms with Gasteiger partial charge in [-0.1, -0.05) is 174 Å². The van der Waals surface area contributed by atoms with Gasteiger partial charge in [-0.15, -0.1) is 0 Å². The highest BCUT2D eigenvalue weighted by molar-refractivity contribution is 7.47. The number of carbonyl (C=O) groups is 2. The van der Waals surface area contributed by atoms with Crippen LogP contribution in [0, 0.1) is 0 Å². The van der Waals surface area contributed by atoms with Crippen LogP contribution in [0.4, 0.5) is 0 Å². The van der Waals surface area contributed by atoms with Crippen LogP contribution >= 0.6 is 7.82 Å². The molecule has 10 heteroatoms. The number of ether oxygens (including phenoxy) is 2. The highest BCUT2D eigenvalue weighted by Gasteiger charge is 2.27. The average molecular weight is 749 g/mol. The fourth-order valence-corrected chi connectivity index (χ4v) is 6.76. The molecule has 0 rings (SSSR count). The summed E-state index contributed by atoms with van der Waals surface area (Å²) >= 11 is 0. The number of hydrogen-bond acceptors (Lipinski definition) is 7. The minimum Gasteiger partial charge on any atom is -0.462 e. The first-order valence-corrected chi connectivity index (χ1v) is 22.8. The molecule has 0 saturated carbocycles. The van der Waals surface area contributed by atoms with E-state index in [2.05, 4.69) is 13.8 Å². The molecule has 0 aliphatic heterocycles. The standard InChI is InChI=1S/C41H82NO8P/c1-6-8-10-12-14-16-18-20-22-24-26-28-30-32-34-41(44)50-39(38-49-51(45,46)48-36-35-42(3,4)5)37-47-40(43)33-31-29-27-25-23-21-19-17-15-13-11-9-7-2/h39H,6-38H2,1-5H3/p+1/t39-/m1/s1. The van der Waals surface area contributed by atoms with Crippen LogP contribution in [0.5, 0.6) is 0 Å². The van der Waals surface area contributed by atoms with Crippen LogP contribution in [-0.2, 0) is 32.7 Å². The minimum absolute atomic E-state index is 0.0367. The van der Waals surface area contributed by atoms with Crippen molar-refractivity contribution in [1.29, 1.82) is 0 Å². The molecule has 0 aliphatic carbocycles. The van der Waals surface area contributed by atoms with Gasteiger partial charge in [0.15, 0.2) is 6.10 Å². The SMILES string of the molecule is CCCCCCCCCCCCCCCCC(=O)O[C@H](COC(=O)CCCCCCCCCCCCCCC)COP(=O)(O)OCC[N+](C)(C)C. The van der Waals surface area contributed by atoms with Gasteiger partial charge in [0.05, 0.1) is 27.7 Å². The first kappa shape index (κ1) is 50.0. The lowest BCUT2D eigenvalue weighted by atomic mass is 10.0. The van der Waals surface area contributed by atoms with Gasteiger partial charge < -0.3 is 18.9 Å². The maximum absolute atomic E-state index is 12.6. The van der Waals surface area contributed by atoms with Crippen LogP contribution in [0.1, 0.15) is 200 Å². The molecule has 304 valence electrons. The number of esters is 2. The van der Waals surface area contributed by atoms with Gasteiger partial charge in [0.2, 0.25) is 0 Å². The summed E-state index contributed by atoms with van der Waals surface area (Å²) in [5.74, 6) is -0.786. The lowest BCUT2D eigenvalue weighted by Crippen LogP contribution is -2.37. The Morgan fingerprint density at radius 3 is 1.25 bits per heavy atom. The molecule has 0 spiro atoms. The zero-order valence-corrected chi connectivity index (χ0v) is 35.0. The van der Waals surface area contributed by atoms with Crippen molar-refractivity contribution in [1.82, 2.24) is 0 Å². The van der Waals surface area contributed by atoms with Gasteiger partial charge >= 0.3 is 19.8 Å². The van der Waals surface area contributed by atoms with Crippen molar-refractivity contribution >= 4 is 19.8 Å². The zero-order chi connectivity index (χ0) is 37.9. The van der Waals surface area contributed by atoms with Crippen molar-refractivity contribution in [3.05, 3.63) is 0 Å². The predicted octanol–water partition coefficient (Wildman–Crippen LogP) is 11.6. The second-order valence-electron chi connectivity index (χ2n) is 15.7. The predicted molar refractivity (Wildman–Crippen MR) is 211 cm³/mol. The largest absolute Gasteiger partial charge is 0.472 e. The third kappa shape index (κ3) is 38.5. The van der Waals surface area contributed by atoms with E-state index in [1.807, 2.05) is 21.1 Å². The molecule has 0 aliphatic rings. The van der Waals surface area contributed by atoms with E-state index < -0.39 is 26.5 Å².